The van der Waals surface area contributed by atoms with Crippen LogP contribution in [0, 0.1) is 6.92 Å². The summed E-state index contributed by atoms with van der Waals surface area (Å²) >= 11 is 7.41. The molecule has 1 aromatic heterocycles. The minimum Gasteiger partial charge on any atom is -0.299 e. The van der Waals surface area contributed by atoms with E-state index in [4.69, 9.17) is 11.6 Å². The van der Waals surface area contributed by atoms with E-state index in [1.54, 1.807) is 6.92 Å². The highest BCUT2D eigenvalue weighted by atomic mass is 35.5. The number of ketones is 1. The summed E-state index contributed by atoms with van der Waals surface area (Å²) in [6, 6.07) is 15.6. The molecule has 0 radical (unpaired) electrons. The first kappa shape index (κ1) is 17.7. The fraction of sp³-hybridized carbons (Fsp3) is 0.211. The van der Waals surface area contributed by atoms with Crippen LogP contribution in [0.5, 0.6) is 0 Å². The van der Waals surface area contributed by atoms with Crippen LogP contribution in [0.3, 0.4) is 0 Å². The number of Topliss-reactive ketones (excluding diaryl/α,β-unsaturated/α-hetero) is 1. The highest BCUT2D eigenvalue weighted by Gasteiger charge is 2.20. The molecule has 0 aliphatic heterocycles. The van der Waals surface area contributed by atoms with Gasteiger partial charge in [0.2, 0.25) is 0 Å². The number of thioether (sulfide) groups is 1. The van der Waals surface area contributed by atoms with Gasteiger partial charge in [0.1, 0.15) is 5.78 Å². The number of aromatic nitrogens is 3. The highest BCUT2D eigenvalue weighted by molar-refractivity contribution is 8.00. The second kappa shape index (κ2) is 7.42. The van der Waals surface area contributed by atoms with Crippen LogP contribution in [0.1, 0.15) is 19.4 Å². The smallest absolute Gasteiger partial charge is 0.196 e. The topological polar surface area (TPSA) is 47.8 Å². The van der Waals surface area contributed by atoms with E-state index in [0.29, 0.717) is 10.2 Å². The molecule has 0 fully saturated rings. The van der Waals surface area contributed by atoms with Crippen LogP contribution < -0.4 is 0 Å². The van der Waals surface area contributed by atoms with Gasteiger partial charge in [0.15, 0.2) is 11.0 Å². The van der Waals surface area contributed by atoms with Crippen LogP contribution in [0.15, 0.2) is 53.7 Å². The van der Waals surface area contributed by atoms with Crippen molar-refractivity contribution in [3.8, 4) is 17.1 Å². The number of carbonyl (C=O) groups excluding carboxylic acids is 1. The molecule has 4 nitrogen and oxygen atoms in total. The largest absolute Gasteiger partial charge is 0.299 e. The van der Waals surface area contributed by atoms with Crippen LogP contribution in [0.25, 0.3) is 17.1 Å². The lowest BCUT2D eigenvalue weighted by molar-refractivity contribution is -0.116. The molecule has 0 saturated heterocycles. The van der Waals surface area contributed by atoms with E-state index in [9.17, 15) is 4.79 Å². The second-order valence-corrected chi connectivity index (χ2v) is 7.60. The molecule has 0 bridgehead atoms. The quantitative estimate of drug-likeness (QED) is 0.594. The zero-order chi connectivity index (χ0) is 18.0. The van der Waals surface area contributed by atoms with Gasteiger partial charge in [-0.15, -0.1) is 10.2 Å². The lowest BCUT2D eigenvalue weighted by atomic mass is 10.2. The number of rotatable bonds is 5. The van der Waals surface area contributed by atoms with Crippen LogP contribution in [0.2, 0.25) is 5.02 Å². The number of nitrogens with zero attached hydrogens (tertiary/aromatic N) is 3. The van der Waals surface area contributed by atoms with Crippen molar-refractivity contribution < 1.29 is 4.79 Å². The predicted octanol–water partition coefficient (Wildman–Crippen LogP) is 4.97. The van der Waals surface area contributed by atoms with Gasteiger partial charge in [0.05, 0.1) is 5.25 Å². The summed E-state index contributed by atoms with van der Waals surface area (Å²) in [4.78, 5) is 11.7. The summed E-state index contributed by atoms with van der Waals surface area (Å²) in [6.07, 6.45) is 0. The molecule has 0 aliphatic carbocycles. The average Bonchev–Trinajstić information content (AvgIpc) is 2.99. The summed E-state index contributed by atoms with van der Waals surface area (Å²) in [5.41, 5.74) is 3.05. The van der Waals surface area contributed by atoms with Gasteiger partial charge >= 0.3 is 0 Å². The van der Waals surface area contributed by atoms with Crippen LogP contribution in [-0.4, -0.2) is 25.8 Å². The Balaban J connectivity index is 2.12. The van der Waals surface area contributed by atoms with E-state index in [0.717, 1.165) is 17.1 Å². The van der Waals surface area contributed by atoms with E-state index in [1.807, 2.05) is 66.9 Å². The van der Waals surface area contributed by atoms with Crippen molar-refractivity contribution in [2.24, 2.45) is 0 Å². The molecular weight excluding hydrogens is 354 g/mol. The summed E-state index contributed by atoms with van der Waals surface area (Å²) in [7, 11) is 0. The van der Waals surface area contributed by atoms with Crippen molar-refractivity contribution in [2.75, 3.05) is 0 Å². The van der Waals surface area contributed by atoms with Crippen molar-refractivity contribution in [2.45, 2.75) is 31.2 Å². The third-order valence-corrected chi connectivity index (χ3v) is 5.30. The summed E-state index contributed by atoms with van der Waals surface area (Å²) in [5, 5.41) is 9.87. The maximum Gasteiger partial charge on any atom is 0.196 e. The van der Waals surface area contributed by atoms with E-state index in [-0.39, 0.29) is 11.0 Å². The zero-order valence-electron chi connectivity index (χ0n) is 14.2. The Morgan fingerprint density at radius 1 is 1.08 bits per heavy atom. The molecule has 6 heteroatoms. The molecular formula is C19H18ClN3OS. The van der Waals surface area contributed by atoms with Crippen LogP contribution in [-0.2, 0) is 4.79 Å². The molecule has 3 rings (SSSR count). The third-order valence-electron chi connectivity index (χ3n) is 3.88. The maximum absolute atomic E-state index is 11.7. The van der Waals surface area contributed by atoms with Gasteiger partial charge in [0, 0.05) is 16.3 Å². The molecule has 25 heavy (non-hydrogen) atoms. The lowest BCUT2D eigenvalue weighted by Gasteiger charge is -2.12. The van der Waals surface area contributed by atoms with Gasteiger partial charge in [-0.05, 0) is 57.2 Å². The predicted molar refractivity (Wildman–Crippen MR) is 103 cm³/mol. The maximum atomic E-state index is 11.7. The van der Waals surface area contributed by atoms with Crippen LogP contribution in [0.4, 0.5) is 0 Å². The standard InChI is InChI=1S/C19H18ClN3OS/c1-12-4-10-17(11-5-12)23-18(15-6-8-16(20)9-7-15)21-22-19(23)25-14(3)13(2)24/h4-11,14H,1-3H3. The minimum atomic E-state index is -0.188. The van der Waals surface area contributed by atoms with Gasteiger partial charge in [-0.2, -0.15) is 0 Å². The summed E-state index contributed by atoms with van der Waals surface area (Å²) in [6.45, 7) is 5.51. The van der Waals surface area contributed by atoms with Crippen molar-refractivity contribution in [1.29, 1.82) is 0 Å². The minimum absolute atomic E-state index is 0.108. The molecule has 0 spiro atoms. The van der Waals surface area contributed by atoms with E-state index < -0.39 is 0 Å². The normalized spacial score (nSPS) is 12.2. The first-order valence-electron chi connectivity index (χ1n) is 7.91. The number of hydrogen-bond acceptors (Lipinski definition) is 4. The molecule has 1 atom stereocenters. The van der Waals surface area contributed by atoms with E-state index in [1.165, 1.54) is 17.3 Å². The molecule has 1 heterocycles. The summed E-state index contributed by atoms with van der Waals surface area (Å²) in [5.74, 6) is 0.829. The number of hydrogen-bond donors (Lipinski definition) is 0. The fourth-order valence-corrected chi connectivity index (χ4v) is 3.29. The Morgan fingerprint density at radius 2 is 1.72 bits per heavy atom. The third kappa shape index (κ3) is 3.94. The first-order chi connectivity index (χ1) is 12.0. The molecule has 1 unspecified atom stereocenters. The van der Waals surface area contributed by atoms with E-state index in [2.05, 4.69) is 10.2 Å². The van der Waals surface area contributed by atoms with Gasteiger partial charge in [-0.3, -0.25) is 9.36 Å². The van der Waals surface area contributed by atoms with Gasteiger partial charge in [0.25, 0.3) is 0 Å². The Kier molecular flexibility index (Phi) is 5.25. The SMILES string of the molecule is CC(=O)C(C)Sc1nnc(-c2ccc(Cl)cc2)n1-c1ccc(C)cc1. The second-order valence-electron chi connectivity index (χ2n) is 5.85. The monoisotopic (exact) mass is 371 g/mol. The van der Waals surface area contributed by atoms with Crippen LogP contribution >= 0.6 is 23.4 Å². The summed E-state index contributed by atoms with van der Waals surface area (Å²) < 4.78 is 1.98. The number of benzene rings is 2. The molecule has 0 amide bonds. The van der Waals surface area contributed by atoms with Gasteiger partial charge in [-0.25, -0.2) is 0 Å². The molecule has 0 N–H and O–H groups in total. The highest BCUT2D eigenvalue weighted by Crippen LogP contribution is 2.30. The molecule has 2 aromatic carbocycles. The Morgan fingerprint density at radius 3 is 2.32 bits per heavy atom. The van der Waals surface area contributed by atoms with Gasteiger partial charge < -0.3 is 0 Å². The first-order valence-corrected chi connectivity index (χ1v) is 9.17. The number of halogens is 1. The van der Waals surface area contributed by atoms with Crippen molar-refractivity contribution >= 4 is 29.1 Å². The van der Waals surface area contributed by atoms with Crippen molar-refractivity contribution in [3.05, 3.63) is 59.1 Å². The van der Waals surface area contributed by atoms with Crippen molar-refractivity contribution in [1.82, 2.24) is 14.8 Å². The molecule has 0 aliphatic rings. The fourth-order valence-electron chi connectivity index (χ4n) is 2.30. The number of aryl methyl sites for hydroxylation is 1. The Labute approximate surface area is 156 Å². The zero-order valence-corrected chi connectivity index (χ0v) is 15.8. The van der Waals surface area contributed by atoms with Crippen molar-refractivity contribution in [3.63, 3.8) is 0 Å². The number of carbonyl (C=O) groups is 1. The molecule has 3 aromatic rings. The molecule has 128 valence electrons. The molecule has 0 saturated carbocycles. The Hall–Kier alpha value is -2.11. The average molecular weight is 372 g/mol. The lowest BCUT2D eigenvalue weighted by Crippen LogP contribution is -2.10. The van der Waals surface area contributed by atoms with E-state index >= 15 is 0 Å². The Bertz CT molecular complexity index is 888. The van der Waals surface area contributed by atoms with Gasteiger partial charge in [-0.1, -0.05) is 41.1 Å².